The Kier molecular flexibility index (Phi) is 4.84. The topological polar surface area (TPSA) is 91.1 Å². The molecule has 0 saturated heterocycles. The van der Waals surface area contributed by atoms with E-state index in [1.807, 2.05) is 19.9 Å². The first-order chi connectivity index (χ1) is 13.3. The largest absolute Gasteiger partial charge is 0.350 e. The van der Waals surface area contributed by atoms with Crippen molar-refractivity contribution in [3.8, 4) is 0 Å². The molecule has 0 aliphatic heterocycles. The number of rotatable bonds is 5. The van der Waals surface area contributed by atoms with Gasteiger partial charge in [0.1, 0.15) is 6.04 Å². The predicted molar refractivity (Wildman–Crippen MR) is 107 cm³/mol. The minimum Gasteiger partial charge on any atom is -0.350 e. The van der Waals surface area contributed by atoms with E-state index in [0.717, 1.165) is 30.5 Å². The van der Waals surface area contributed by atoms with Crippen LogP contribution in [0.15, 0.2) is 10.9 Å². The Labute approximate surface area is 165 Å². The zero-order valence-electron chi connectivity index (χ0n) is 17.1. The molecule has 6 heteroatoms. The van der Waals surface area contributed by atoms with Crippen LogP contribution in [0, 0.1) is 37.0 Å². The summed E-state index contributed by atoms with van der Waals surface area (Å²) in [4.78, 5) is 40.5. The maximum Gasteiger partial charge on any atom is 0.253 e. The molecule has 4 fully saturated rings. The molecule has 4 aliphatic carbocycles. The third kappa shape index (κ3) is 3.49. The third-order valence-corrected chi connectivity index (χ3v) is 7.19. The summed E-state index contributed by atoms with van der Waals surface area (Å²) in [5, 5.41) is 5.78. The van der Waals surface area contributed by atoms with E-state index in [2.05, 4.69) is 15.6 Å². The van der Waals surface area contributed by atoms with Gasteiger partial charge in [-0.15, -0.1) is 0 Å². The number of hydrogen-bond acceptors (Lipinski definition) is 3. The molecule has 4 bridgehead atoms. The maximum absolute atomic E-state index is 13.1. The molecule has 4 saturated carbocycles. The number of hydrogen-bond donors (Lipinski definition) is 3. The summed E-state index contributed by atoms with van der Waals surface area (Å²) in [6.07, 6.45) is 6.80. The number of nitrogens with one attached hydrogen (secondary N) is 3. The van der Waals surface area contributed by atoms with E-state index in [0.29, 0.717) is 23.3 Å². The van der Waals surface area contributed by atoms with Crippen LogP contribution < -0.4 is 16.2 Å². The number of carbonyl (C=O) groups is 2. The van der Waals surface area contributed by atoms with Crippen LogP contribution in [-0.4, -0.2) is 22.8 Å². The summed E-state index contributed by atoms with van der Waals surface area (Å²) >= 11 is 0. The molecule has 6 nitrogen and oxygen atoms in total. The van der Waals surface area contributed by atoms with Crippen molar-refractivity contribution in [2.24, 2.45) is 23.2 Å². The molecule has 1 atom stereocenters. The van der Waals surface area contributed by atoms with Gasteiger partial charge in [-0.25, -0.2) is 0 Å². The fourth-order valence-electron chi connectivity index (χ4n) is 6.23. The van der Waals surface area contributed by atoms with Crippen LogP contribution in [0.1, 0.15) is 62.3 Å². The minimum absolute atomic E-state index is 0.0543. The van der Waals surface area contributed by atoms with Crippen LogP contribution in [-0.2, 0) is 16.1 Å². The SMILES string of the molecule is Cc1cc(C)c(CNC(=O)[C@H](C)NC(=O)C23CC4CC(CC(C4)C2)C3)c(=O)[nH]1. The second-order valence-electron chi connectivity index (χ2n) is 9.55. The lowest BCUT2D eigenvalue weighted by Crippen LogP contribution is -2.56. The lowest BCUT2D eigenvalue weighted by atomic mass is 9.49. The highest BCUT2D eigenvalue weighted by atomic mass is 16.2. The molecule has 0 radical (unpaired) electrons. The van der Waals surface area contributed by atoms with Gasteiger partial charge >= 0.3 is 0 Å². The molecule has 0 unspecified atom stereocenters. The molecule has 3 N–H and O–H groups in total. The Hall–Kier alpha value is -2.11. The molecule has 1 heterocycles. The van der Waals surface area contributed by atoms with Crippen molar-refractivity contribution in [3.63, 3.8) is 0 Å². The zero-order chi connectivity index (χ0) is 20.1. The second-order valence-corrected chi connectivity index (χ2v) is 9.55. The first kappa shape index (κ1) is 19.2. The number of aryl methyl sites for hydroxylation is 2. The molecular formula is C22H31N3O3. The van der Waals surface area contributed by atoms with Crippen LogP contribution in [0.3, 0.4) is 0 Å². The van der Waals surface area contributed by atoms with E-state index in [9.17, 15) is 14.4 Å². The Bertz CT molecular complexity index is 822. The van der Waals surface area contributed by atoms with Crippen molar-refractivity contribution >= 4 is 11.8 Å². The Morgan fingerprint density at radius 3 is 2.25 bits per heavy atom. The average molecular weight is 386 g/mol. The Balaban J connectivity index is 1.36. The van der Waals surface area contributed by atoms with Gasteiger partial charge in [-0.05, 0) is 88.7 Å². The fourth-order valence-corrected chi connectivity index (χ4v) is 6.23. The molecule has 1 aromatic heterocycles. The van der Waals surface area contributed by atoms with Crippen LogP contribution in [0.25, 0.3) is 0 Å². The van der Waals surface area contributed by atoms with E-state index in [4.69, 9.17) is 0 Å². The molecule has 2 amide bonds. The average Bonchev–Trinajstić information content (AvgIpc) is 2.59. The van der Waals surface area contributed by atoms with Gasteiger partial charge in [0.05, 0.1) is 0 Å². The number of carbonyl (C=O) groups excluding carboxylic acids is 2. The summed E-state index contributed by atoms with van der Waals surface area (Å²) in [5.41, 5.74) is 1.77. The zero-order valence-corrected chi connectivity index (χ0v) is 17.1. The van der Waals surface area contributed by atoms with Crippen molar-refractivity contribution in [2.75, 3.05) is 0 Å². The van der Waals surface area contributed by atoms with Crippen molar-refractivity contribution in [1.29, 1.82) is 0 Å². The lowest BCUT2D eigenvalue weighted by molar-refractivity contribution is -0.148. The summed E-state index contributed by atoms with van der Waals surface area (Å²) in [5.74, 6) is 1.88. The number of H-pyrrole nitrogens is 1. The first-order valence-electron chi connectivity index (χ1n) is 10.5. The van der Waals surface area contributed by atoms with Gasteiger partial charge in [-0.2, -0.15) is 0 Å². The van der Waals surface area contributed by atoms with E-state index in [1.54, 1.807) is 6.92 Å². The van der Waals surface area contributed by atoms with Crippen molar-refractivity contribution in [1.82, 2.24) is 15.6 Å². The number of pyridine rings is 1. The number of amides is 2. The lowest BCUT2D eigenvalue weighted by Gasteiger charge is -2.55. The van der Waals surface area contributed by atoms with E-state index in [-0.39, 0.29) is 29.3 Å². The van der Waals surface area contributed by atoms with Gasteiger partial charge in [-0.3, -0.25) is 14.4 Å². The van der Waals surface area contributed by atoms with Gasteiger partial charge < -0.3 is 15.6 Å². The van der Waals surface area contributed by atoms with Gasteiger partial charge in [0.2, 0.25) is 11.8 Å². The number of aromatic amines is 1. The summed E-state index contributed by atoms with van der Waals surface area (Å²) < 4.78 is 0. The number of aromatic nitrogens is 1. The quantitative estimate of drug-likeness (QED) is 0.726. The van der Waals surface area contributed by atoms with Crippen molar-refractivity contribution in [2.45, 2.75) is 71.9 Å². The van der Waals surface area contributed by atoms with E-state index < -0.39 is 6.04 Å². The van der Waals surface area contributed by atoms with E-state index >= 15 is 0 Å². The smallest absolute Gasteiger partial charge is 0.253 e. The van der Waals surface area contributed by atoms with Crippen LogP contribution in [0.4, 0.5) is 0 Å². The van der Waals surface area contributed by atoms with Crippen molar-refractivity contribution in [3.05, 3.63) is 33.2 Å². The van der Waals surface area contributed by atoms with Gasteiger partial charge in [0.15, 0.2) is 0 Å². The normalized spacial score (nSPS) is 31.5. The molecule has 0 aromatic carbocycles. The van der Waals surface area contributed by atoms with Crippen molar-refractivity contribution < 1.29 is 9.59 Å². The molecule has 5 rings (SSSR count). The molecule has 28 heavy (non-hydrogen) atoms. The highest BCUT2D eigenvalue weighted by Gasteiger charge is 2.54. The summed E-state index contributed by atoms with van der Waals surface area (Å²) in [6.45, 7) is 5.58. The molecule has 4 aliphatic rings. The minimum atomic E-state index is -0.606. The highest BCUT2D eigenvalue weighted by Crippen LogP contribution is 2.60. The van der Waals surface area contributed by atoms with Gasteiger partial charge in [0.25, 0.3) is 5.56 Å². The van der Waals surface area contributed by atoms with Gasteiger partial charge in [-0.1, -0.05) is 0 Å². The van der Waals surface area contributed by atoms with Crippen LogP contribution in [0.2, 0.25) is 0 Å². The molecular weight excluding hydrogens is 354 g/mol. The molecule has 152 valence electrons. The fraction of sp³-hybridized carbons (Fsp3) is 0.682. The monoisotopic (exact) mass is 385 g/mol. The van der Waals surface area contributed by atoms with Gasteiger partial charge in [0, 0.05) is 23.2 Å². The molecule has 0 spiro atoms. The summed E-state index contributed by atoms with van der Waals surface area (Å²) in [7, 11) is 0. The maximum atomic E-state index is 13.1. The van der Waals surface area contributed by atoms with Crippen LogP contribution >= 0.6 is 0 Å². The predicted octanol–water partition coefficient (Wildman–Crippen LogP) is 2.33. The van der Waals surface area contributed by atoms with E-state index in [1.165, 1.54) is 19.3 Å². The Morgan fingerprint density at radius 1 is 1.14 bits per heavy atom. The first-order valence-corrected chi connectivity index (χ1v) is 10.5. The summed E-state index contributed by atoms with van der Waals surface area (Å²) in [6, 6.07) is 1.28. The highest BCUT2D eigenvalue weighted by molar-refractivity contribution is 5.90. The van der Waals surface area contributed by atoms with Crippen LogP contribution in [0.5, 0.6) is 0 Å². The third-order valence-electron chi connectivity index (χ3n) is 7.19. The molecule has 1 aromatic rings. The Morgan fingerprint density at radius 2 is 1.71 bits per heavy atom. The second kappa shape index (κ2) is 7.05. The standard InChI is InChI=1S/C22H31N3O3/c1-12-4-13(2)24-20(27)18(12)11-23-19(26)14(3)25-21(28)22-8-15-5-16(9-22)7-17(6-15)10-22/h4,14-17H,5-11H2,1-3H3,(H,23,26)(H,24,27)(H,25,28)/t14-,15?,16?,17?,22?/m0/s1.